The van der Waals surface area contributed by atoms with Crippen LogP contribution in [0, 0.1) is 0 Å². The third kappa shape index (κ3) is 3.81. The number of hydrogen-bond acceptors (Lipinski definition) is 3. The largest absolute Gasteiger partial charge is 0.391 e. The Morgan fingerprint density at radius 2 is 2.47 bits per heavy atom. The number of aliphatic hydroxyl groups is 1. The second kappa shape index (κ2) is 6.10. The van der Waals surface area contributed by atoms with Crippen molar-refractivity contribution >= 4 is 28.8 Å². The van der Waals surface area contributed by atoms with Crippen molar-refractivity contribution in [2.45, 2.75) is 25.9 Å². The fourth-order valence-corrected chi connectivity index (χ4v) is 2.24. The fourth-order valence-electron chi connectivity index (χ4n) is 1.18. The van der Waals surface area contributed by atoms with E-state index < -0.39 is 6.10 Å². The summed E-state index contributed by atoms with van der Waals surface area (Å²) in [4.78, 5) is 12.0. The van der Waals surface area contributed by atoms with E-state index in [1.54, 1.807) is 11.4 Å². The number of rotatable bonds is 5. The molecule has 1 aromatic heterocycles. The molecule has 0 aliphatic carbocycles. The molecule has 1 atom stereocenters. The summed E-state index contributed by atoms with van der Waals surface area (Å²) < 4.78 is 0. The number of hydrogen-bond donors (Lipinski definition) is 2. The molecule has 1 amide bonds. The van der Waals surface area contributed by atoms with Crippen molar-refractivity contribution in [3.8, 4) is 0 Å². The minimum Gasteiger partial charge on any atom is -0.391 e. The first kappa shape index (κ1) is 12.5. The van der Waals surface area contributed by atoms with Gasteiger partial charge in [-0.2, -0.15) is 0 Å². The minimum atomic E-state index is -0.474. The predicted octanol–water partition coefficient (Wildman–Crippen LogP) is 2.29. The molecular weight excluding hydrogens is 234 g/mol. The van der Waals surface area contributed by atoms with Crippen molar-refractivity contribution < 1.29 is 9.90 Å². The van der Waals surface area contributed by atoms with Gasteiger partial charge in [-0.3, -0.25) is 4.79 Å². The van der Waals surface area contributed by atoms with Crippen LogP contribution in [0.15, 0.2) is 11.4 Å². The quantitative estimate of drug-likeness (QED) is 0.839. The topological polar surface area (TPSA) is 49.3 Å². The molecule has 0 radical (unpaired) electrons. The van der Waals surface area contributed by atoms with Gasteiger partial charge in [0.25, 0.3) is 5.91 Å². The highest BCUT2D eigenvalue weighted by atomic mass is 35.5. The summed E-state index contributed by atoms with van der Waals surface area (Å²) in [6.45, 7) is 2.27. The normalized spacial score (nSPS) is 12.5. The average Bonchev–Trinajstić information content (AvgIpc) is 2.61. The maximum atomic E-state index is 11.5. The van der Waals surface area contributed by atoms with Crippen molar-refractivity contribution in [1.29, 1.82) is 0 Å². The summed E-state index contributed by atoms with van der Waals surface area (Å²) in [5.41, 5.74) is 0. The third-order valence-corrected chi connectivity index (χ3v) is 3.28. The van der Waals surface area contributed by atoms with Gasteiger partial charge < -0.3 is 10.4 Å². The van der Waals surface area contributed by atoms with E-state index in [-0.39, 0.29) is 12.5 Å². The lowest BCUT2D eigenvalue weighted by atomic mass is 10.2. The molecule has 3 nitrogen and oxygen atoms in total. The van der Waals surface area contributed by atoms with Gasteiger partial charge in [-0.1, -0.05) is 24.9 Å². The highest BCUT2D eigenvalue weighted by Gasteiger charge is 2.12. The van der Waals surface area contributed by atoms with Crippen LogP contribution in [-0.4, -0.2) is 23.7 Å². The number of halogens is 1. The molecule has 0 fully saturated rings. The smallest absolute Gasteiger partial charge is 0.262 e. The molecule has 0 bridgehead atoms. The van der Waals surface area contributed by atoms with Gasteiger partial charge in [-0.05, 0) is 17.9 Å². The number of amides is 1. The molecule has 0 aliphatic heterocycles. The van der Waals surface area contributed by atoms with Gasteiger partial charge >= 0.3 is 0 Å². The summed E-state index contributed by atoms with van der Waals surface area (Å²) in [5.74, 6) is -0.217. The third-order valence-electron chi connectivity index (χ3n) is 1.94. The van der Waals surface area contributed by atoms with Crippen LogP contribution in [0.1, 0.15) is 29.4 Å². The summed E-state index contributed by atoms with van der Waals surface area (Å²) in [6.07, 6.45) is 1.12. The number of carbonyl (C=O) groups is 1. The van der Waals surface area contributed by atoms with E-state index >= 15 is 0 Å². The van der Waals surface area contributed by atoms with E-state index in [2.05, 4.69) is 5.32 Å². The molecule has 0 spiro atoms. The zero-order chi connectivity index (χ0) is 11.3. The van der Waals surface area contributed by atoms with Gasteiger partial charge in [0.2, 0.25) is 0 Å². The summed E-state index contributed by atoms with van der Waals surface area (Å²) in [7, 11) is 0. The molecule has 0 aromatic carbocycles. The van der Waals surface area contributed by atoms with Crippen molar-refractivity contribution in [1.82, 2.24) is 5.32 Å². The van der Waals surface area contributed by atoms with Gasteiger partial charge in [0.05, 0.1) is 11.1 Å². The molecular formula is C10H14ClNO2S. The van der Waals surface area contributed by atoms with Crippen LogP contribution >= 0.6 is 22.9 Å². The Hall–Kier alpha value is -0.580. The van der Waals surface area contributed by atoms with E-state index in [4.69, 9.17) is 11.6 Å². The second-order valence-corrected chi connectivity index (χ2v) is 4.57. The summed E-state index contributed by atoms with van der Waals surface area (Å²) >= 11 is 7.10. The number of nitrogens with one attached hydrogen (secondary N) is 1. The molecule has 5 heteroatoms. The molecule has 84 valence electrons. The molecule has 2 N–H and O–H groups in total. The van der Waals surface area contributed by atoms with Crippen LogP contribution in [0.5, 0.6) is 0 Å². The van der Waals surface area contributed by atoms with Gasteiger partial charge in [-0.25, -0.2) is 0 Å². The Balaban J connectivity index is 2.40. The molecule has 1 aromatic rings. The molecule has 1 unspecified atom stereocenters. The first-order chi connectivity index (χ1) is 7.15. The first-order valence-corrected chi connectivity index (χ1v) is 6.10. The Morgan fingerprint density at radius 1 is 1.73 bits per heavy atom. The SMILES string of the molecule is CCCC(O)CNC(=O)c1sccc1Cl. The Bertz CT molecular complexity index is 327. The maximum Gasteiger partial charge on any atom is 0.262 e. The lowest BCUT2D eigenvalue weighted by Gasteiger charge is -2.09. The molecule has 15 heavy (non-hydrogen) atoms. The van der Waals surface area contributed by atoms with Crippen LogP contribution in [0.25, 0.3) is 0 Å². The number of thiophene rings is 1. The minimum absolute atomic E-state index is 0.217. The van der Waals surface area contributed by atoms with Crippen molar-refractivity contribution in [3.63, 3.8) is 0 Å². The summed E-state index contributed by atoms with van der Waals surface area (Å²) in [5, 5.41) is 14.3. The van der Waals surface area contributed by atoms with Gasteiger partial charge in [0.15, 0.2) is 0 Å². The van der Waals surface area contributed by atoms with Crippen molar-refractivity contribution in [2.24, 2.45) is 0 Å². The predicted molar refractivity (Wildman–Crippen MR) is 62.6 cm³/mol. The monoisotopic (exact) mass is 247 g/mol. The van der Waals surface area contributed by atoms with Crippen LogP contribution in [0.2, 0.25) is 5.02 Å². The van der Waals surface area contributed by atoms with E-state index in [0.717, 1.165) is 6.42 Å². The van der Waals surface area contributed by atoms with E-state index in [9.17, 15) is 9.90 Å². The zero-order valence-corrected chi connectivity index (χ0v) is 10.1. The zero-order valence-electron chi connectivity index (χ0n) is 8.50. The second-order valence-electron chi connectivity index (χ2n) is 3.25. The maximum absolute atomic E-state index is 11.5. The lowest BCUT2D eigenvalue weighted by Crippen LogP contribution is -2.31. The Morgan fingerprint density at radius 3 is 3.00 bits per heavy atom. The van der Waals surface area contributed by atoms with Gasteiger partial charge in [0.1, 0.15) is 4.88 Å². The molecule has 1 rings (SSSR count). The van der Waals surface area contributed by atoms with Crippen LogP contribution < -0.4 is 5.32 Å². The van der Waals surface area contributed by atoms with Crippen LogP contribution in [-0.2, 0) is 0 Å². The van der Waals surface area contributed by atoms with Crippen LogP contribution in [0.4, 0.5) is 0 Å². The summed E-state index contributed by atoms with van der Waals surface area (Å²) in [6, 6.07) is 1.68. The standard InChI is InChI=1S/C10H14ClNO2S/c1-2-3-7(13)6-12-10(14)9-8(11)4-5-15-9/h4-5,7,13H,2-3,6H2,1H3,(H,12,14). The highest BCUT2D eigenvalue weighted by molar-refractivity contribution is 7.12. The van der Waals surface area contributed by atoms with Crippen molar-refractivity contribution in [3.05, 3.63) is 21.3 Å². The van der Waals surface area contributed by atoms with E-state index in [0.29, 0.717) is 16.3 Å². The molecule has 0 saturated heterocycles. The number of carbonyl (C=O) groups excluding carboxylic acids is 1. The van der Waals surface area contributed by atoms with Gasteiger partial charge in [0, 0.05) is 6.54 Å². The van der Waals surface area contributed by atoms with Gasteiger partial charge in [-0.15, -0.1) is 11.3 Å². The van der Waals surface area contributed by atoms with E-state index in [1.165, 1.54) is 11.3 Å². The highest BCUT2D eigenvalue weighted by Crippen LogP contribution is 2.21. The molecule has 1 heterocycles. The fraction of sp³-hybridized carbons (Fsp3) is 0.500. The molecule has 0 saturated carbocycles. The average molecular weight is 248 g/mol. The Kier molecular flexibility index (Phi) is 5.08. The van der Waals surface area contributed by atoms with Crippen molar-refractivity contribution in [2.75, 3.05) is 6.54 Å². The molecule has 0 aliphatic rings. The van der Waals surface area contributed by atoms with E-state index in [1.807, 2.05) is 6.92 Å². The lowest BCUT2D eigenvalue weighted by molar-refractivity contribution is 0.0914. The van der Waals surface area contributed by atoms with Crippen LogP contribution in [0.3, 0.4) is 0 Å². The number of aliphatic hydroxyl groups excluding tert-OH is 1. The first-order valence-electron chi connectivity index (χ1n) is 4.84. The Labute approximate surface area is 98.1 Å².